The molecule has 9 aromatic carbocycles. The standard InChI is InChI=1S/C57H40N2O/c1-57(2)49-21-13-12-20-45(49)46-32-33-48-53-50(59(56(48)55(46)57)41-18-10-5-11-19-41)34-35-51-54(53)47-31-30-44(36-52(47)60-51)58(42-26-22-39(23-27-42)37-14-6-3-7-15-37)43-28-24-40(25-29-43)38-16-8-4-9-17-38/h3-36H,1-2H3. The quantitative estimate of drug-likeness (QED) is 0.168. The second-order valence-corrected chi connectivity index (χ2v) is 16.5. The van der Waals surface area contributed by atoms with E-state index in [0.29, 0.717) is 0 Å². The summed E-state index contributed by atoms with van der Waals surface area (Å²) in [5, 5.41) is 4.71. The lowest BCUT2D eigenvalue weighted by atomic mass is 9.81. The summed E-state index contributed by atoms with van der Waals surface area (Å²) in [6, 6.07) is 74.4. The van der Waals surface area contributed by atoms with Crippen LogP contribution in [0.25, 0.3) is 82.8 Å². The predicted molar refractivity (Wildman–Crippen MR) is 251 cm³/mol. The molecule has 3 heteroatoms. The van der Waals surface area contributed by atoms with E-state index >= 15 is 0 Å². The van der Waals surface area contributed by atoms with Gasteiger partial charge in [0.1, 0.15) is 11.2 Å². The molecule has 1 aliphatic carbocycles. The summed E-state index contributed by atoms with van der Waals surface area (Å²) in [6.45, 7) is 4.76. The van der Waals surface area contributed by atoms with Gasteiger partial charge in [0.05, 0.1) is 11.0 Å². The third kappa shape index (κ3) is 5.15. The summed E-state index contributed by atoms with van der Waals surface area (Å²) in [4.78, 5) is 2.33. The Balaban J connectivity index is 1.06. The number of furan rings is 1. The fraction of sp³-hybridized carbons (Fsp3) is 0.0526. The van der Waals surface area contributed by atoms with Gasteiger partial charge in [-0.3, -0.25) is 0 Å². The molecule has 12 rings (SSSR count). The van der Waals surface area contributed by atoms with E-state index in [-0.39, 0.29) is 5.41 Å². The first-order valence-corrected chi connectivity index (χ1v) is 20.8. The third-order valence-electron chi connectivity index (χ3n) is 12.8. The molecule has 0 atom stereocenters. The highest BCUT2D eigenvalue weighted by atomic mass is 16.3. The minimum atomic E-state index is -0.180. The Morgan fingerprint density at radius 3 is 1.63 bits per heavy atom. The number of aromatic nitrogens is 1. The Kier molecular flexibility index (Phi) is 7.58. The van der Waals surface area contributed by atoms with Gasteiger partial charge in [-0.2, -0.15) is 0 Å². The van der Waals surface area contributed by atoms with Crippen molar-refractivity contribution in [3.05, 3.63) is 217 Å². The summed E-state index contributed by atoms with van der Waals surface area (Å²) in [6.07, 6.45) is 0. The highest BCUT2D eigenvalue weighted by Crippen LogP contribution is 2.54. The first-order chi connectivity index (χ1) is 29.5. The second-order valence-electron chi connectivity index (χ2n) is 16.5. The monoisotopic (exact) mass is 768 g/mol. The van der Waals surface area contributed by atoms with Crippen molar-refractivity contribution in [2.45, 2.75) is 19.3 Å². The summed E-state index contributed by atoms with van der Waals surface area (Å²) in [5.41, 5.74) is 18.5. The maximum Gasteiger partial charge on any atom is 0.137 e. The zero-order valence-corrected chi connectivity index (χ0v) is 33.4. The van der Waals surface area contributed by atoms with E-state index in [2.05, 4.69) is 230 Å². The van der Waals surface area contributed by atoms with Crippen molar-refractivity contribution in [2.24, 2.45) is 0 Å². The first-order valence-electron chi connectivity index (χ1n) is 20.8. The van der Waals surface area contributed by atoms with Crippen LogP contribution in [-0.2, 0) is 5.41 Å². The Labute approximate surface area is 349 Å². The Hall–Kier alpha value is -7.62. The number of anilines is 3. The number of nitrogens with zero attached hydrogens (tertiary/aromatic N) is 2. The van der Waals surface area contributed by atoms with Crippen LogP contribution in [0.4, 0.5) is 17.1 Å². The lowest BCUT2D eigenvalue weighted by molar-refractivity contribution is 0.664. The molecule has 11 aromatic rings. The fourth-order valence-electron chi connectivity index (χ4n) is 10.0. The third-order valence-corrected chi connectivity index (χ3v) is 12.8. The van der Waals surface area contributed by atoms with Crippen LogP contribution in [0.5, 0.6) is 0 Å². The summed E-state index contributed by atoms with van der Waals surface area (Å²) in [7, 11) is 0. The van der Waals surface area contributed by atoms with E-state index in [0.717, 1.165) is 44.7 Å². The molecule has 2 aromatic heterocycles. The molecule has 0 aliphatic heterocycles. The van der Waals surface area contributed by atoms with Gasteiger partial charge < -0.3 is 13.9 Å². The van der Waals surface area contributed by atoms with Crippen LogP contribution < -0.4 is 4.90 Å². The maximum absolute atomic E-state index is 6.89. The lowest BCUT2D eigenvalue weighted by Gasteiger charge is -2.26. The van der Waals surface area contributed by atoms with Crippen LogP contribution in [0.3, 0.4) is 0 Å². The number of para-hydroxylation sites is 1. The van der Waals surface area contributed by atoms with Crippen molar-refractivity contribution in [3.8, 4) is 39.1 Å². The molecule has 0 saturated heterocycles. The molecule has 284 valence electrons. The van der Waals surface area contributed by atoms with Crippen LogP contribution in [0.2, 0.25) is 0 Å². The molecule has 0 bridgehead atoms. The molecule has 60 heavy (non-hydrogen) atoms. The van der Waals surface area contributed by atoms with Gasteiger partial charge in [0.15, 0.2) is 0 Å². The van der Waals surface area contributed by atoms with Crippen molar-refractivity contribution >= 4 is 60.8 Å². The second kappa shape index (κ2) is 13.2. The number of rotatable bonds is 6. The number of hydrogen-bond donors (Lipinski definition) is 0. The molecule has 0 spiro atoms. The minimum absolute atomic E-state index is 0.180. The lowest BCUT2D eigenvalue weighted by Crippen LogP contribution is -2.16. The number of fused-ring (bicyclic) bond motifs is 11. The van der Waals surface area contributed by atoms with E-state index in [1.54, 1.807) is 0 Å². The normalized spacial score (nSPS) is 13.0. The Bertz CT molecular complexity index is 3330. The number of benzene rings is 9. The molecule has 0 saturated carbocycles. The average molecular weight is 769 g/mol. The smallest absolute Gasteiger partial charge is 0.137 e. The van der Waals surface area contributed by atoms with E-state index in [9.17, 15) is 0 Å². The average Bonchev–Trinajstić information content (AvgIpc) is 3.92. The van der Waals surface area contributed by atoms with Gasteiger partial charge in [-0.15, -0.1) is 0 Å². The van der Waals surface area contributed by atoms with Gasteiger partial charge in [-0.05, 0) is 105 Å². The molecule has 0 N–H and O–H groups in total. The van der Waals surface area contributed by atoms with Crippen molar-refractivity contribution in [1.29, 1.82) is 0 Å². The van der Waals surface area contributed by atoms with Crippen molar-refractivity contribution in [1.82, 2.24) is 4.57 Å². The molecule has 3 nitrogen and oxygen atoms in total. The van der Waals surface area contributed by atoms with E-state index in [1.165, 1.54) is 66.3 Å². The minimum Gasteiger partial charge on any atom is -0.456 e. The molecular weight excluding hydrogens is 729 g/mol. The summed E-state index contributed by atoms with van der Waals surface area (Å²) in [5.74, 6) is 0. The molecular formula is C57H40N2O. The Morgan fingerprint density at radius 2 is 0.983 bits per heavy atom. The van der Waals surface area contributed by atoms with Crippen LogP contribution in [0, 0.1) is 0 Å². The van der Waals surface area contributed by atoms with Gasteiger partial charge in [-0.1, -0.05) is 153 Å². The molecule has 0 radical (unpaired) electrons. The Morgan fingerprint density at radius 1 is 0.433 bits per heavy atom. The molecule has 0 amide bonds. The van der Waals surface area contributed by atoms with Gasteiger partial charge in [0.2, 0.25) is 0 Å². The highest BCUT2D eigenvalue weighted by molar-refractivity contribution is 6.28. The van der Waals surface area contributed by atoms with Crippen LogP contribution >= 0.6 is 0 Å². The van der Waals surface area contributed by atoms with Crippen LogP contribution in [-0.4, -0.2) is 4.57 Å². The van der Waals surface area contributed by atoms with E-state index < -0.39 is 0 Å². The zero-order chi connectivity index (χ0) is 40.0. The molecule has 0 unspecified atom stereocenters. The van der Waals surface area contributed by atoms with Gasteiger partial charge in [0.25, 0.3) is 0 Å². The molecule has 1 aliphatic rings. The predicted octanol–water partition coefficient (Wildman–Crippen LogP) is 15.8. The van der Waals surface area contributed by atoms with Gasteiger partial charge in [0, 0.05) is 55.8 Å². The summed E-state index contributed by atoms with van der Waals surface area (Å²) < 4.78 is 9.38. The SMILES string of the molecule is CC1(C)c2ccccc2-c2ccc3c4c5c(ccc4n(-c4ccccc4)c3c21)oc1cc(N(c2ccc(-c3ccccc3)cc2)c2ccc(-c3ccccc3)cc2)ccc15. The van der Waals surface area contributed by atoms with Crippen LogP contribution in [0.15, 0.2) is 211 Å². The van der Waals surface area contributed by atoms with Crippen molar-refractivity contribution in [3.63, 3.8) is 0 Å². The first kappa shape index (κ1) is 34.4. The fourth-order valence-corrected chi connectivity index (χ4v) is 10.0. The van der Waals surface area contributed by atoms with Gasteiger partial charge in [-0.25, -0.2) is 0 Å². The van der Waals surface area contributed by atoms with Gasteiger partial charge >= 0.3 is 0 Å². The topological polar surface area (TPSA) is 21.3 Å². The zero-order valence-electron chi connectivity index (χ0n) is 33.4. The molecule has 0 fully saturated rings. The largest absolute Gasteiger partial charge is 0.456 e. The number of hydrogen-bond acceptors (Lipinski definition) is 2. The van der Waals surface area contributed by atoms with Crippen molar-refractivity contribution < 1.29 is 4.42 Å². The maximum atomic E-state index is 6.89. The highest BCUT2D eigenvalue weighted by Gasteiger charge is 2.38. The molecule has 2 heterocycles. The van der Waals surface area contributed by atoms with E-state index in [4.69, 9.17) is 4.42 Å². The van der Waals surface area contributed by atoms with E-state index in [1.807, 2.05) is 0 Å². The van der Waals surface area contributed by atoms with Crippen LogP contribution in [0.1, 0.15) is 25.0 Å². The summed E-state index contributed by atoms with van der Waals surface area (Å²) >= 11 is 0. The van der Waals surface area contributed by atoms with Crippen molar-refractivity contribution in [2.75, 3.05) is 4.90 Å².